The maximum Gasteiger partial charge on any atom is 0.264 e. The molecule has 6 heteroatoms. The third-order valence-electron chi connectivity index (χ3n) is 4.00. The van der Waals surface area contributed by atoms with Crippen molar-refractivity contribution < 1.29 is 22.1 Å². The molecule has 2 aliphatic rings. The van der Waals surface area contributed by atoms with E-state index in [-0.39, 0.29) is 24.4 Å². The fraction of sp³-hybridized carbons (Fsp3) is 0.867. The first-order valence-electron chi connectivity index (χ1n) is 7.80. The number of hydrogen-bond donors (Lipinski definition) is 0. The Hall–Kier alpha value is -0.430. The number of rotatable bonds is 8. The summed E-state index contributed by atoms with van der Waals surface area (Å²) in [5.41, 5.74) is 0. The molecular formula is C15H26O5S. The average Bonchev–Trinajstić information content (AvgIpc) is 2.78. The summed E-state index contributed by atoms with van der Waals surface area (Å²) in [4.78, 5) is 0. The van der Waals surface area contributed by atoms with Gasteiger partial charge in [-0.1, -0.05) is 31.9 Å². The van der Waals surface area contributed by atoms with E-state index in [0.717, 1.165) is 19.1 Å². The predicted molar refractivity (Wildman–Crippen MR) is 80.3 cm³/mol. The van der Waals surface area contributed by atoms with Gasteiger partial charge in [0.1, 0.15) is 0 Å². The van der Waals surface area contributed by atoms with Crippen LogP contribution in [0.15, 0.2) is 12.2 Å². The SMILES string of the molecule is CCCCC/C=C\C[C@@H]1[C@H]2CO[C@@H](C[C@H]1OS(C)(=O)=O)O2. The van der Waals surface area contributed by atoms with Crippen LogP contribution in [-0.4, -0.2) is 39.8 Å². The number of ether oxygens (including phenoxy) is 2. The number of allylic oxidation sites excluding steroid dienone is 2. The average molecular weight is 318 g/mol. The lowest BCUT2D eigenvalue weighted by Gasteiger charge is -2.33. The first-order chi connectivity index (χ1) is 9.99. The van der Waals surface area contributed by atoms with Crippen LogP contribution < -0.4 is 0 Å². The van der Waals surface area contributed by atoms with E-state index in [1.54, 1.807) is 0 Å². The van der Waals surface area contributed by atoms with Crippen LogP contribution in [0.25, 0.3) is 0 Å². The van der Waals surface area contributed by atoms with Crippen LogP contribution in [0.5, 0.6) is 0 Å². The van der Waals surface area contributed by atoms with Crippen molar-refractivity contribution in [3.63, 3.8) is 0 Å². The van der Waals surface area contributed by atoms with Crippen molar-refractivity contribution >= 4 is 10.1 Å². The van der Waals surface area contributed by atoms with Crippen LogP contribution in [0, 0.1) is 5.92 Å². The second kappa shape index (κ2) is 7.72. The van der Waals surface area contributed by atoms with E-state index in [2.05, 4.69) is 19.1 Å². The van der Waals surface area contributed by atoms with Crippen LogP contribution >= 0.6 is 0 Å². The smallest absolute Gasteiger partial charge is 0.264 e. The maximum absolute atomic E-state index is 11.4. The Morgan fingerprint density at radius 1 is 1.29 bits per heavy atom. The molecule has 0 spiro atoms. The normalized spacial score (nSPS) is 32.9. The van der Waals surface area contributed by atoms with Crippen molar-refractivity contribution in [3.8, 4) is 0 Å². The van der Waals surface area contributed by atoms with Gasteiger partial charge in [0, 0.05) is 12.3 Å². The molecule has 21 heavy (non-hydrogen) atoms. The molecule has 2 bridgehead atoms. The fourth-order valence-electron chi connectivity index (χ4n) is 2.95. The lowest BCUT2D eigenvalue weighted by Crippen LogP contribution is -2.41. The van der Waals surface area contributed by atoms with Crippen molar-refractivity contribution in [2.75, 3.05) is 12.9 Å². The molecule has 0 amide bonds. The molecule has 2 fully saturated rings. The molecule has 2 aliphatic heterocycles. The summed E-state index contributed by atoms with van der Waals surface area (Å²) in [6.07, 6.45) is 10.7. The van der Waals surface area contributed by atoms with Crippen molar-refractivity contribution in [1.82, 2.24) is 0 Å². The van der Waals surface area contributed by atoms with Crippen LogP contribution in [0.4, 0.5) is 0 Å². The van der Waals surface area contributed by atoms with Gasteiger partial charge in [0.15, 0.2) is 6.29 Å². The Labute approximate surface area is 127 Å². The minimum Gasteiger partial charge on any atom is -0.350 e. The van der Waals surface area contributed by atoms with Gasteiger partial charge < -0.3 is 9.47 Å². The zero-order valence-corrected chi connectivity index (χ0v) is 13.7. The largest absolute Gasteiger partial charge is 0.350 e. The number of unbranched alkanes of at least 4 members (excludes halogenated alkanes) is 3. The highest BCUT2D eigenvalue weighted by Crippen LogP contribution is 2.36. The number of fused-ring (bicyclic) bond motifs is 2. The Morgan fingerprint density at radius 2 is 2.10 bits per heavy atom. The molecule has 2 rings (SSSR count). The maximum atomic E-state index is 11.4. The first kappa shape index (κ1) is 16.9. The van der Waals surface area contributed by atoms with E-state index >= 15 is 0 Å². The summed E-state index contributed by atoms with van der Waals surface area (Å²) in [6, 6.07) is 0. The van der Waals surface area contributed by atoms with E-state index in [9.17, 15) is 8.42 Å². The first-order valence-corrected chi connectivity index (χ1v) is 9.61. The predicted octanol–water partition coefficient (Wildman–Crippen LogP) is 2.62. The Kier molecular flexibility index (Phi) is 6.22. The highest BCUT2D eigenvalue weighted by molar-refractivity contribution is 7.86. The molecule has 0 aromatic heterocycles. The highest BCUT2D eigenvalue weighted by atomic mass is 32.2. The molecule has 0 unspecified atom stereocenters. The molecule has 0 aromatic rings. The zero-order valence-electron chi connectivity index (χ0n) is 12.9. The lowest BCUT2D eigenvalue weighted by atomic mass is 9.89. The van der Waals surface area contributed by atoms with Gasteiger partial charge in [-0.2, -0.15) is 8.42 Å². The van der Waals surface area contributed by atoms with Gasteiger partial charge in [-0.3, -0.25) is 4.18 Å². The quantitative estimate of drug-likeness (QED) is 0.391. The van der Waals surface area contributed by atoms with Crippen molar-refractivity contribution in [3.05, 3.63) is 12.2 Å². The van der Waals surface area contributed by atoms with E-state index in [4.69, 9.17) is 13.7 Å². The Bertz CT molecular complexity index is 445. The van der Waals surface area contributed by atoms with Gasteiger partial charge in [-0.15, -0.1) is 0 Å². The molecule has 0 radical (unpaired) electrons. The highest BCUT2D eigenvalue weighted by Gasteiger charge is 2.45. The van der Waals surface area contributed by atoms with Gasteiger partial charge in [-0.05, 0) is 19.3 Å². The van der Waals surface area contributed by atoms with Crippen molar-refractivity contribution in [2.45, 2.75) is 63.9 Å². The molecule has 5 nitrogen and oxygen atoms in total. The Balaban J connectivity index is 1.89. The summed E-state index contributed by atoms with van der Waals surface area (Å²) in [6.45, 7) is 2.72. The van der Waals surface area contributed by atoms with E-state index < -0.39 is 10.1 Å². The summed E-state index contributed by atoms with van der Waals surface area (Å²) < 4.78 is 39.3. The second-order valence-electron chi connectivity index (χ2n) is 5.88. The minimum absolute atomic E-state index is 0.0425. The third kappa shape index (κ3) is 5.36. The number of hydrogen-bond acceptors (Lipinski definition) is 5. The molecule has 0 aliphatic carbocycles. The summed E-state index contributed by atoms with van der Waals surface area (Å²) >= 11 is 0. The summed E-state index contributed by atoms with van der Waals surface area (Å²) in [7, 11) is -3.45. The van der Waals surface area contributed by atoms with Gasteiger partial charge in [0.25, 0.3) is 10.1 Å². The van der Waals surface area contributed by atoms with Crippen LogP contribution in [0.3, 0.4) is 0 Å². The minimum atomic E-state index is -3.45. The molecule has 2 heterocycles. The van der Waals surface area contributed by atoms with Gasteiger partial charge in [-0.25, -0.2) is 0 Å². The van der Waals surface area contributed by atoms with Gasteiger partial charge in [0.2, 0.25) is 0 Å². The molecule has 2 saturated heterocycles. The topological polar surface area (TPSA) is 61.8 Å². The fourth-order valence-corrected chi connectivity index (χ4v) is 3.62. The molecule has 0 saturated carbocycles. The van der Waals surface area contributed by atoms with Crippen LogP contribution in [-0.2, 0) is 23.8 Å². The van der Waals surface area contributed by atoms with E-state index in [1.807, 2.05) is 0 Å². The molecule has 4 atom stereocenters. The third-order valence-corrected chi connectivity index (χ3v) is 4.60. The van der Waals surface area contributed by atoms with Crippen LogP contribution in [0.1, 0.15) is 45.4 Å². The van der Waals surface area contributed by atoms with Crippen molar-refractivity contribution in [2.24, 2.45) is 5.92 Å². The Morgan fingerprint density at radius 3 is 2.81 bits per heavy atom. The second-order valence-corrected chi connectivity index (χ2v) is 7.48. The van der Waals surface area contributed by atoms with Crippen LogP contribution in [0.2, 0.25) is 0 Å². The molecule has 122 valence electrons. The molecule has 0 aromatic carbocycles. The lowest BCUT2D eigenvalue weighted by molar-refractivity contribution is -0.133. The zero-order chi connectivity index (χ0) is 15.3. The monoisotopic (exact) mass is 318 g/mol. The molecule has 0 N–H and O–H groups in total. The van der Waals surface area contributed by atoms with E-state index in [0.29, 0.717) is 13.0 Å². The summed E-state index contributed by atoms with van der Waals surface area (Å²) in [5, 5.41) is 0. The standard InChI is InChI=1S/C15H26O5S/c1-3-4-5-6-7-8-9-12-13(20-21(2,16)17)10-15-18-11-14(12)19-15/h7-8,12-15H,3-6,9-11H2,1-2H3/b8-7-/t12-,13+,14+,15+/m0/s1. The molecular weight excluding hydrogens is 292 g/mol. The van der Waals surface area contributed by atoms with Crippen molar-refractivity contribution in [1.29, 1.82) is 0 Å². The van der Waals surface area contributed by atoms with E-state index in [1.165, 1.54) is 19.3 Å². The van der Waals surface area contributed by atoms with Gasteiger partial charge in [0.05, 0.1) is 25.1 Å². The summed E-state index contributed by atoms with van der Waals surface area (Å²) in [5.74, 6) is 0.0425. The van der Waals surface area contributed by atoms with Gasteiger partial charge >= 0.3 is 0 Å².